The second-order valence-corrected chi connectivity index (χ2v) is 4.05. The average molecular weight is 205 g/mol. The zero-order chi connectivity index (χ0) is 9.03. The Morgan fingerprint density at radius 2 is 2.58 bits per heavy atom. The molecule has 0 aromatic carbocycles. The molecule has 0 spiro atoms. The molecule has 1 amide bonds. The summed E-state index contributed by atoms with van der Waals surface area (Å²) in [4.78, 5) is 10.9. The fourth-order valence-corrected chi connectivity index (χ4v) is 2.41. The third-order valence-electron chi connectivity index (χ3n) is 1.74. The fourth-order valence-electron chi connectivity index (χ4n) is 1.08. The molecule has 0 bridgehead atoms. The van der Waals surface area contributed by atoms with Crippen LogP contribution in [-0.4, -0.2) is 28.8 Å². The molecule has 0 aliphatic carbocycles. The summed E-state index contributed by atoms with van der Waals surface area (Å²) in [6, 6.07) is 2.13. The highest BCUT2D eigenvalue weighted by atomic mass is 35.5. The molecule has 1 N–H and O–H groups in total. The van der Waals surface area contributed by atoms with Crippen LogP contribution in [0, 0.1) is 11.3 Å². The van der Waals surface area contributed by atoms with Crippen LogP contribution in [0.3, 0.4) is 0 Å². The zero-order valence-corrected chi connectivity index (χ0v) is 8.04. The summed E-state index contributed by atoms with van der Waals surface area (Å²) in [6.45, 7) is 0. The van der Waals surface area contributed by atoms with Gasteiger partial charge in [-0.2, -0.15) is 17.0 Å². The second-order valence-electron chi connectivity index (χ2n) is 2.68. The van der Waals surface area contributed by atoms with E-state index >= 15 is 0 Å². The van der Waals surface area contributed by atoms with Gasteiger partial charge in [-0.25, -0.2) is 0 Å². The summed E-state index contributed by atoms with van der Waals surface area (Å²) in [7, 11) is 0. The highest BCUT2D eigenvalue weighted by molar-refractivity contribution is 7.99. The molecule has 66 valence electrons. The van der Waals surface area contributed by atoms with Gasteiger partial charge in [0.05, 0.1) is 6.07 Å². The van der Waals surface area contributed by atoms with Crippen LogP contribution in [0.5, 0.6) is 0 Å². The molecule has 12 heavy (non-hydrogen) atoms. The predicted octanol–water partition coefficient (Wildman–Crippen LogP) is 0.741. The molecule has 1 aliphatic rings. The van der Waals surface area contributed by atoms with Crippen LogP contribution in [0.2, 0.25) is 0 Å². The molecule has 1 heterocycles. The molecule has 1 aliphatic heterocycles. The van der Waals surface area contributed by atoms with Crippen LogP contribution in [0.1, 0.15) is 6.42 Å². The maximum atomic E-state index is 10.9. The smallest absolute Gasteiger partial charge is 0.236 e. The van der Waals surface area contributed by atoms with Gasteiger partial charge in [0.15, 0.2) is 0 Å². The molecule has 3 nitrogen and oxygen atoms in total. The van der Waals surface area contributed by atoms with Crippen molar-refractivity contribution in [2.45, 2.75) is 12.0 Å². The minimum Gasteiger partial charge on any atom is -0.336 e. The first-order chi connectivity index (χ1) is 5.72. The Labute approximate surface area is 80.5 Å². The molecule has 1 rings (SSSR count). The first-order valence-electron chi connectivity index (χ1n) is 3.58. The largest absolute Gasteiger partial charge is 0.336 e. The van der Waals surface area contributed by atoms with Crippen LogP contribution in [-0.2, 0) is 4.79 Å². The first kappa shape index (κ1) is 9.69. The summed E-state index contributed by atoms with van der Waals surface area (Å²) in [5.74, 6) is 1.26. The highest BCUT2D eigenvalue weighted by Gasteiger charge is 2.35. The predicted molar refractivity (Wildman–Crippen MR) is 49.1 cm³/mol. The van der Waals surface area contributed by atoms with E-state index in [1.807, 2.05) is 0 Å². The van der Waals surface area contributed by atoms with Crippen LogP contribution >= 0.6 is 23.4 Å². The van der Waals surface area contributed by atoms with Gasteiger partial charge in [-0.3, -0.25) is 4.79 Å². The lowest BCUT2D eigenvalue weighted by atomic mass is 10.0. The second kappa shape index (κ2) is 4.01. The number of hydrogen-bond donors (Lipinski definition) is 1. The van der Waals surface area contributed by atoms with Crippen molar-refractivity contribution in [3.63, 3.8) is 0 Å². The molecular weight excluding hydrogens is 196 g/mol. The van der Waals surface area contributed by atoms with E-state index in [1.165, 1.54) is 0 Å². The van der Waals surface area contributed by atoms with Crippen molar-refractivity contribution in [1.82, 2.24) is 5.32 Å². The number of nitrogens with zero attached hydrogens (tertiary/aromatic N) is 1. The minimum atomic E-state index is -0.656. The molecule has 0 saturated carbocycles. The third kappa shape index (κ3) is 2.05. The molecule has 1 fully saturated rings. The van der Waals surface area contributed by atoms with Crippen LogP contribution in [0.25, 0.3) is 0 Å². The number of thioether (sulfide) groups is 1. The van der Waals surface area contributed by atoms with E-state index in [0.29, 0.717) is 5.75 Å². The topological polar surface area (TPSA) is 52.9 Å². The highest BCUT2D eigenvalue weighted by Crippen LogP contribution is 2.27. The SMILES string of the molecule is N#CC1(NC(=O)CCl)CCSC1. The van der Waals surface area contributed by atoms with E-state index in [2.05, 4.69) is 11.4 Å². The molecule has 0 radical (unpaired) electrons. The fraction of sp³-hybridized carbons (Fsp3) is 0.714. The van der Waals surface area contributed by atoms with Crippen LogP contribution < -0.4 is 5.32 Å². The van der Waals surface area contributed by atoms with Gasteiger partial charge >= 0.3 is 0 Å². The molecule has 5 heteroatoms. The number of carbonyl (C=O) groups excluding carboxylic acids is 1. The van der Waals surface area contributed by atoms with E-state index < -0.39 is 5.54 Å². The van der Waals surface area contributed by atoms with Gasteiger partial charge in [-0.1, -0.05) is 0 Å². The number of nitrogens with one attached hydrogen (secondary N) is 1. The molecular formula is C7H9ClN2OS. The zero-order valence-electron chi connectivity index (χ0n) is 6.47. The molecule has 0 aromatic heterocycles. The van der Waals surface area contributed by atoms with Gasteiger partial charge in [0, 0.05) is 5.75 Å². The third-order valence-corrected chi connectivity index (χ3v) is 3.17. The Balaban J connectivity index is 2.57. The van der Waals surface area contributed by atoms with Crippen molar-refractivity contribution in [3.8, 4) is 6.07 Å². The van der Waals surface area contributed by atoms with Crippen LogP contribution in [0.4, 0.5) is 0 Å². The van der Waals surface area contributed by atoms with Gasteiger partial charge in [-0.15, -0.1) is 11.6 Å². The van der Waals surface area contributed by atoms with Gasteiger partial charge in [0.1, 0.15) is 11.4 Å². The number of rotatable bonds is 2. The van der Waals surface area contributed by atoms with E-state index in [4.69, 9.17) is 16.9 Å². The number of hydrogen-bond acceptors (Lipinski definition) is 3. The van der Waals surface area contributed by atoms with Gasteiger partial charge in [-0.05, 0) is 12.2 Å². The van der Waals surface area contributed by atoms with Crippen LogP contribution in [0.15, 0.2) is 0 Å². The summed E-state index contributed by atoms with van der Waals surface area (Å²) < 4.78 is 0. The van der Waals surface area contributed by atoms with Crippen molar-refractivity contribution in [2.75, 3.05) is 17.4 Å². The molecule has 1 saturated heterocycles. The summed E-state index contributed by atoms with van der Waals surface area (Å²) >= 11 is 7.00. The lowest BCUT2D eigenvalue weighted by molar-refractivity contribution is -0.119. The maximum absolute atomic E-state index is 10.9. The van der Waals surface area contributed by atoms with E-state index in [1.54, 1.807) is 11.8 Å². The molecule has 0 aromatic rings. The first-order valence-corrected chi connectivity index (χ1v) is 5.27. The quantitative estimate of drug-likeness (QED) is 0.676. The van der Waals surface area contributed by atoms with Crippen molar-refractivity contribution in [3.05, 3.63) is 0 Å². The van der Waals surface area contributed by atoms with Crippen molar-refractivity contribution < 1.29 is 4.79 Å². The summed E-state index contributed by atoms with van der Waals surface area (Å²) in [6.07, 6.45) is 0.719. The van der Waals surface area contributed by atoms with E-state index in [9.17, 15) is 4.79 Å². The molecule has 1 atom stereocenters. The van der Waals surface area contributed by atoms with Crippen molar-refractivity contribution >= 4 is 29.3 Å². The lowest BCUT2D eigenvalue weighted by Crippen LogP contribution is -2.47. The summed E-state index contributed by atoms with van der Waals surface area (Å²) in [5.41, 5.74) is -0.656. The number of halogens is 1. The lowest BCUT2D eigenvalue weighted by Gasteiger charge is -2.20. The Hall–Kier alpha value is -0.400. The average Bonchev–Trinajstić information content (AvgIpc) is 2.54. The molecule has 1 unspecified atom stereocenters. The Morgan fingerprint density at radius 3 is 3.00 bits per heavy atom. The number of amides is 1. The number of carbonyl (C=O) groups is 1. The Bertz CT molecular complexity index is 220. The number of nitriles is 1. The number of alkyl halides is 1. The van der Waals surface area contributed by atoms with Crippen molar-refractivity contribution in [1.29, 1.82) is 5.26 Å². The minimum absolute atomic E-state index is 0.0753. The van der Waals surface area contributed by atoms with Gasteiger partial charge in [0.2, 0.25) is 5.91 Å². The van der Waals surface area contributed by atoms with Gasteiger partial charge < -0.3 is 5.32 Å². The Morgan fingerprint density at radius 1 is 1.83 bits per heavy atom. The van der Waals surface area contributed by atoms with Crippen molar-refractivity contribution in [2.24, 2.45) is 0 Å². The van der Waals surface area contributed by atoms with E-state index in [0.717, 1.165) is 12.2 Å². The summed E-state index contributed by atoms with van der Waals surface area (Å²) in [5, 5.41) is 11.5. The Kier molecular flexibility index (Phi) is 3.24. The standard InChI is InChI=1S/C7H9ClN2OS/c8-3-6(11)10-7(4-9)1-2-12-5-7/h1-3,5H2,(H,10,11). The maximum Gasteiger partial charge on any atom is 0.236 e. The normalized spacial score (nSPS) is 28.0. The monoisotopic (exact) mass is 204 g/mol. The van der Waals surface area contributed by atoms with Gasteiger partial charge in [0.25, 0.3) is 0 Å². The van der Waals surface area contributed by atoms with E-state index in [-0.39, 0.29) is 11.8 Å².